The van der Waals surface area contributed by atoms with Crippen LogP contribution in [0.1, 0.15) is 55.9 Å². The summed E-state index contributed by atoms with van der Waals surface area (Å²) >= 11 is 1.48. The van der Waals surface area contributed by atoms with E-state index in [9.17, 15) is 0 Å². The van der Waals surface area contributed by atoms with Crippen LogP contribution in [0, 0.1) is 0 Å². The monoisotopic (exact) mass is 279 g/mol. The molecule has 0 aliphatic heterocycles. The highest BCUT2D eigenvalue weighted by molar-refractivity contribution is 7.05. The number of hydrogen-bond donors (Lipinski definition) is 1. The maximum Gasteiger partial charge on any atom is 0.0877 e. The summed E-state index contributed by atoms with van der Waals surface area (Å²) in [5.74, 6) is 0.382. The van der Waals surface area contributed by atoms with Gasteiger partial charge in [-0.05, 0) is 37.0 Å². The molecule has 0 aromatic carbocycles. The van der Waals surface area contributed by atoms with Gasteiger partial charge in [0.1, 0.15) is 0 Å². The Bertz CT molecular complexity index is 517. The van der Waals surface area contributed by atoms with Crippen LogP contribution in [-0.2, 0) is 6.54 Å². The van der Waals surface area contributed by atoms with Gasteiger partial charge in [0.15, 0.2) is 0 Å². The average Bonchev–Trinajstić information content (AvgIpc) is 3.04. The van der Waals surface area contributed by atoms with Crippen LogP contribution in [-0.4, -0.2) is 25.9 Å². The minimum Gasteiger partial charge on any atom is -0.304 e. The number of aryl methyl sites for hydroxylation is 1. The average molecular weight is 279 g/mol. The molecule has 0 amide bonds. The van der Waals surface area contributed by atoms with E-state index in [1.165, 1.54) is 22.1 Å². The Labute approximate surface area is 118 Å². The van der Waals surface area contributed by atoms with Gasteiger partial charge >= 0.3 is 0 Å². The quantitative estimate of drug-likeness (QED) is 0.883. The van der Waals surface area contributed by atoms with E-state index in [4.69, 9.17) is 0 Å². The molecule has 0 saturated heterocycles. The molecular formula is C13H21N5S. The number of rotatable bonds is 6. The van der Waals surface area contributed by atoms with Crippen LogP contribution in [0.2, 0.25) is 0 Å². The zero-order valence-electron chi connectivity index (χ0n) is 11.9. The van der Waals surface area contributed by atoms with Crippen molar-refractivity contribution in [3.8, 4) is 0 Å². The Hall–Kier alpha value is -1.27. The molecule has 6 heteroatoms. The van der Waals surface area contributed by atoms with E-state index >= 15 is 0 Å². The summed E-state index contributed by atoms with van der Waals surface area (Å²) in [6.07, 6.45) is 1.85. The maximum atomic E-state index is 4.36. The Kier molecular flexibility index (Phi) is 4.66. The summed E-state index contributed by atoms with van der Waals surface area (Å²) in [6.45, 7) is 10.3. The molecule has 0 radical (unpaired) electrons. The van der Waals surface area contributed by atoms with Gasteiger partial charge in [0, 0.05) is 12.7 Å². The lowest BCUT2D eigenvalue weighted by Gasteiger charge is -2.19. The van der Waals surface area contributed by atoms with Crippen molar-refractivity contribution in [2.75, 3.05) is 6.54 Å². The highest BCUT2D eigenvalue weighted by Gasteiger charge is 2.24. The Balaban J connectivity index is 2.42. The Morgan fingerprint density at radius 1 is 1.37 bits per heavy atom. The Morgan fingerprint density at radius 3 is 2.79 bits per heavy atom. The van der Waals surface area contributed by atoms with E-state index in [1.807, 2.05) is 10.9 Å². The van der Waals surface area contributed by atoms with E-state index in [0.29, 0.717) is 5.92 Å². The van der Waals surface area contributed by atoms with Gasteiger partial charge in [-0.3, -0.25) is 4.68 Å². The van der Waals surface area contributed by atoms with Crippen LogP contribution < -0.4 is 5.32 Å². The fourth-order valence-corrected chi connectivity index (χ4v) is 3.09. The highest BCUT2D eigenvalue weighted by Crippen LogP contribution is 2.30. The van der Waals surface area contributed by atoms with Gasteiger partial charge < -0.3 is 5.32 Å². The summed E-state index contributed by atoms with van der Waals surface area (Å²) in [5, 5.41) is 12.2. The number of hydrogen-bond acceptors (Lipinski definition) is 5. The second kappa shape index (κ2) is 6.25. The number of aromatic nitrogens is 4. The first kappa shape index (κ1) is 14.1. The van der Waals surface area contributed by atoms with E-state index < -0.39 is 0 Å². The maximum absolute atomic E-state index is 4.36. The topological polar surface area (TPSA) is 55.6 Å². The Morgan fingerprint density at radius 2 is 2.16 bits per heavy atom. The van der Waals surface area contributed by atoms with E-state index in [-0.39, 0.29) is 6.04 Å². The highest BCUT2D eigenvalue weighted by atomic mass is 32.1. The lowest BCUT2D eigenvalue weighted by Crippen LogP contribution is -2.25. The molecule has 2 aromatic heterocycles. The molecule has 0 bridgehead atoms. The lowest BCUT2D eigenvalue weighted by atomic mass is 10.0. The second-order valence-electron chi connectivity index (χ2n) is 4.74. The predicted octanol–water partition coefficient (Wildman–Crippen LogP) is 2.58. The van der Waals surface area contributed by atoms with Crippen LogP contribution in [0.3, 0.4) is 0 Å². The third-order valence-corrected chi connectivity index (χ3v) is 3.91. The van der Waals surface area contributed by atoms with Crippen molar-refractivity contribution in [2.24, 2.45) is 0 Å². The normalized spacial score (nSPS) is 13.1. The molecule has 1 atom stereocenters. The lowest BCUT2D eigenvalue weighted by molar-refractivity contribution is 0.542. The third-order valence-electron chi connectivity index (χ3n) is 3.10. The molecule has 0 saturated carbocycles. The van der Waals surface area contributed by atoms with Crippen molar-refractivity contribution in [1.29, 1.82) is 0 Å². The molecule has 1 N–H and O–H groups in total. The zero-order chi connectivity index (χ0) is 13.8. The van der Waals surface area contributed by atoms with Gasteiger partial charge in [0.2, 0.25) is 0 Å². The molecule has 2 heterocycles. The molecule has 19 heavy (non-hydrogen) atoms. The van der Waals surface area contributed by atoms with Gasteiger partial charge in [-0.25, -0.2) is 0 Å². The first-order valence-corrected chi connectivity index (χ1v) is 7.53. The van der Waals surface area contributed by atoms with Crippen molar-refractivity contribution < 1.29 is 0 Å². The molecule has 0 aliphatic rings. The number of nitrogens with one attached hydrogen (secondary N) is 1. The molecule has 5 nitrogen and oxygen atoms in total. The SMILES string of the molecule is CCNC(c1snnc1C(C)C)c1ccnn1CC. The molecule has 2 rings (SSSR count). The summed E-state index contributed by atoms with van der Waals surface area (Å²) < 4.78 is 6.16. The summed E-state index contributed by atoms with van der Waals surface area (Å²) in [6, 6.07) is 2.20. The molecule has 104 valence electrons. The first-order chi connectivity index (χ1) is 9.19. The van der Waals surface area contributed by atoms with Crippen molar-refractivity contribution in [3.63, 3.8) is 0 Å². The minimum atomic E-state index is 0.129. The standard InChI is InChI=1S/C13H21N5S/c1-5-14-12(10-7-8-15-18(10)6-2)13-11(9(3)4)16-17-19-13/h7-9,12,14H,5-6H2,1-4H3. The predicted molar refractivity (Wildman–Crippen MR) is 77.4 cm³/mol. The number of nitrogens with zero attached hydrogens (tertiary/aromatic N) is 4. The van der Waals surface area contributed by atoms with E-state index in [0.717, 1.165) is 18.8 Å². The van der Waals surface area contributed by atoms with Gasteiger partial charge in [-0.2, -0.15) is 5.10 Å². The second-order valence-corrected chi connectivity index (χ2v) is 5.53. The largest absolute Gasteiger partial charge is 0.304 e. The first-order valence-electron chi connectivity index (χ1n) is 6.76. The molecule has 0 spiro atoms. The van der Waals surface area contributed by atoms with Gasteiger partial charge in [-0.1, -0.05) is 25.3 Å². The molecule has 0 fully saturated rings. The fraction of sp³-hybridized carbons (Fsp3) is 0.615. The van der Waals surface area contributed by atoms with Gasteiger partial charge in [-0.15, -0.1) is 5.10 Å². The van der Waals surface area contributed by atoms with Crippen molar-refractivity contribution in [3.05, 3.63) is 28.5 Å². The summed E-state index contributed by atoms with van der Waals surface area (Å²) in [7, 11) is 0. The van der Waals surface area contributed by atoms with E-state index in [2.05, 4.69) is 53.8 Å². The van der Waals surface area contributed by atoms with Gasteiger partial charge in [0.25, 0.3) is 0 Å². The fourth-order valence-electron chi connectivity index (χ4n) is 2.19. The summed E-state index contributed by atoms with van der Waals surface area (Å²) in [4.78, 5) is 1.20. The van der Waals surface area contributed by atoms with Crippen molar-refractivity contribution in [1.82, 2.24) is 24.7 Å². The summed E-state index contributed by atoms with van der Waals surface area (Å²) in [5.41, 5.74) is 2.26. The molecule has 1 unspecified atom stereocenters. The van der Waals surface area contributed by atoms with Gasteiger partial charge in [0.05, 0.1) is 22.3 Å². The molecular weight excluding hydrogens is 258 g/mol. The molecule has 2 aromatic rings. The van der Waals surface area contributed by atoms with Crippen LogP contribution in [0.25, 0.3) is 0 Å². The molecule has 0 aliphatic carbocycles. The van der Waals surface area contributed by atoms with Crippen LogP contribution in [0.4, 0.5) is 0 Å². The third kappa shape index (κ3) is 2.84. The van der Waals surface area contributed by atoms with Crippen LogP contribution in [0.15, 0.2) is 12.3 Å². The van der Waals surface area contributed by atoms with Crippen LogP contribution >= 0.6 is 11.5 Å². The van der Waals surface area contributed by atoms with E-state index in [1.54, 1.807) is 0 Å². The minimum absolute atomic E-state index is 0.129. The smallest absolute Gasteiger partial charge is 0.0877 e. The van der Waals surface area contributed by atoms with Crippen LogP contribution in [0.5, 0.6) is 0 Å². The van der Waals surface area contributed by atoms with Crippen molar-refractivity contribution in [2.45, 2.75) is 46.2 Å². The van der Waals surface area contributed by atoms with Crippen molar-refractivity contribution >= 4 is 11.5 Å². The zero-order valence-corrected chi connectivity index (χ0v) is 12.7.